The number of benzene rings is 1. The first kappa shape index (κ1) is 16.5. The number of rotatable bonds is 3. The summed E-state index contributed by atoms with van der Waals surface area (Å²) in [5.41, 5.74) is 6.62. The van der Waals surface area contributed by atoms with E-state index in [9.17, 15) is 0 Å². The van der Waals surface area contributed by atoms with Crippen molar-refractivity contribution in [1.29, 1.82) is 0 Å². The van der Waals surface area contributed by atoms with Crippen LogP contribution in [-0.2, 0) is 6.54 Å². The molecule has 0 aliphatic heterocycles. The van der Waals surface area contributed by atoms with E-state index in [0.717, 1.165) is 6.54 Å². The SMILES string of the molecule is Cc1cc(C)c(CNC2CC(C)(C)CC(C)(C)C2)c(C)c1. The Morgan fingerprint density at radius 1 is 0.952 bits per heavy atom. The van der Waals surface area contributed by atoms with Gasteiger partial charge in [0.2, 0.25) is 0 Å². The Labute approximate surface area is 131 Å². The van der Waals surface area contributed by atoms with E-state index in [2.05, 4.69) is 65.9 Å². The number of hydrogen-bond donors (Lipinski definition) is 1. The van der Waals surface area contributed by atoms with Crippen molar-refractivity contribution < 1.29 is 0 Å². The smallest absolute Gasteiger partial charge is 0.0213 e. The first-order chi connectivity index (χ1) is 9.58. The fraction of sp³-hybridized carbons (Fsp3) is 0.700. The Morgan fingerprint density at radius 3 is 1.90 bits per heavy atom. The van der Waals surface area contributed by atoms with E-state index in [0.29, 0.717) is 16.9 Å². The van der Waals surface area contributed by atoms with Gasteiger partial charge in [-0.3, -0.25) is 0 Å². The maximum atomic E-state index is 3.85. The van der Waals surface area contributed by atoms with Crippen LogP contribution in [0.4, 0.5) is 0 Å². The predicted molar refractivity (Wildman–Crippen MR) is 92.7 cm³/mol. The van der Waals surface area contributed by atoms with Crippen molar-refractivity contribution in [3.63, 3.8) is 0 Å². The number of hydrogen-bond acceptors (Lipinski definition) is 1. The van der Waals surface area contributed by atoms with Crippen molar-refractivity contribution in [2.75, 3.05) is 0 Å². The fourth-order valence-corrected chi connectivity index (χ4v) is 4.73. The highest BCUT2D eigenvalue weighted by Crippen LogP contribution is 2.45. The summed E-state index contributed by atoms with van der Waals surface area (Å²) in [6.45, 7) is 17.4. The van der Waals surface area contributed by atoms with Crippen molar-refractivity contribution in [3.8, 4) is 0 Å². The molecule has 0 amide bonds. The van der Waals surface area contributed by atoms with Crippen LogP contribution in [0.15, 0.2) is 12.1 Å². The summed E-state index contributed by atoms with van der Waals surface area (Å²) in [6.07, 6.45) is 3.92. The Hall–Kier alpha value is -0.820. The first-order valence-corrected chi connectivity index (χ1v) is 8.38. The maximum Gasteiger partial charge on any atom is 0.0213 e. The molecule has 0 atom stereocenters. The molecule has 1 aromatic carbocycles. The van der Waals surface area contributed by atoms with Gasteiger partial charge in [-0.25, -0.2) is 0 Å². The minimum atomic E-state index is 0.455. The van der Waals surface area contributed by atoms with Crippen LogP contribution in [-0.4, -0.2) is 6.04 Å². The first-order valence-electron chi connectivity index (χ1n) is 8.38. The highest BCUT2D eigenvalue weighted by Gasteiger charge is 2.38. The second kappa shape index (κ2) is 5.76. The van der Waals surface area contributed by atoms with Gasteiger partial charge in [0.25, 0.3) is 0 Å². The zero-order valence-corrected chi connectivity index (χ0v) is 15.1. The fourth-order valence-electron chi connectivity index (χ4n) is 4.73. The molecule has 1 N–H and O–H groups in total. The third-order valence-electron chi connectivity index (χ3n) is 4.96. The molecule has 1 heteroatoms. The van der Waals surface area contributed by atoms with Gasteiger partial charge in [-0.2, -0.15) is 0 Å². The average molecular weight is 287 g/mol. The van der Waals surface area contributed by atoms with Gasteiger partial charge in [-0.15, -0.1) is 0 Å². The van der Waals surface area contributed by atoms with Crippen LogP contribution in [0.2, 0.25) is 0 Å². The molecule has 2 rings (SSSR count). The van der Waals surface area contributed by atoms with Gasteiger partial charge in [0.15, 0.2) is 0 Å². The van der Waals surface area contributed by atoms with E-state index < -0.39 is 0 Å². The summed E-state index contributed by atoms with van der Waals surface area (Å²) < 4.78 is 0. The Morgan fingerprint density at radius 2 is 1.43 bits per heavy atom. The van der Waals surface area contributed by atoms with E-state index in [1.807, 2.05) is 0 Å². The van der Waals surface area contributed by atoms with Gasteiger partial charge in [-0.1, -0.05) is 45.4 Å². The molecule has 0 spiro atoms. The summed E-state index contributed by atoms with van der Waals surface area (Å²) >= 11 is 0. The lowest BCUT2D eigenvalue weighted by molar-refractivity contribution is 0.0844. The van der Waals surface area contributed by atoms with Gasteiger partial charge in [0.1, 0.15) is 0 Å². The number of aryl methyl sites for hydroxylation is 3. The van der Waals surface area contributed by atoms with Crippen LogP contribution >= 0.6 is 0 Å². The Kier molecular flexibility index (Phi) is 4.54. The molecule has 0 aromatic heterocycles. The molecule has 21 heavy (non-hydrogen) atoms. The van der Waals surface area contributed by atoms with Crippen LogP contribution in [0.3, 0.4) is 0 Å². The normalized spacial score (nSPS) is 21.5. The monoisotopic (exact) mass is 287 g/mol. The van der Waals surface area contributed by atoms with E-state index in [1.54, 1.807) is 0 Å². The van der Waals surface area contributed by atoms with Crippen molar-refractivity contribution in [2.45, 2.75) is 80.3 Å². The highest BCUT2D eigenvalue weighted by atomic mass is 14.9. The van der Waals surface area contributed by atoms with Gasteiger partial charge in [-0.05, 0) is 67.6 Å². The van der Waals surface area contributed by atoms with Crippen molar-refractivity contribution in [2.24, 2.45) is 10.8 Å². The largest absolute Gasteiger partial charge is 0.310 e. The molecule has 1 saturated carbocycles. The van der Waals surface area contributed by atoms with Crippen molar-refractivity contribution >= 4 is 0 Å². The molecule has 1 aliphatic rings. The van der Waals surface area contributed by atoms with Gasteiger partial charge < -0.3 is 5.32 Å². The van der Waals surface area contributed by atoms with Crippen LogP contribution in [0.1, 0.15) is 69.2 Å². The third-order valence-corrected chi connectivity index (χ3v) is 4.96. The lowest BCUT2D eigenvalue weighted by Crippen LogP contribution is -2.43. The summed E-state index contributed by atoms with van der Waals surface area (Å²) in [5, 5.41) is 3.85. The van der Waals surface area contributed by atoms with Crippen molar-refractivity contribution in [3.05, 3.63) is 34.4 Å². The van der Waals surface area contributed by atoms with E-state index in [4.69, 9.17) is 0 Å². The van der Waals surface area contributed by atoms with E-state index >= 15 is 0 Å². The zero-order chi connectivity index (χ0) is 15.8. The summed E-state index contributed by atoms with van der Waals surface area (Å²) in [7, 11) is 0. The molecule has 118 valence electrons. The van der Waals surface area contributed by atoms with E-state index in [1.165, 1.54) is 41.5 Å². The summed E-state index contributed by atoms with van der Waals surface area (Å²) in [6, 6.07) is 5.25. The topological polar surface area (TPSA) is 12.0 Å². The van der Waals surface area contributed by atoms with Gasteiger partial charge in [0.05, 0.1) is 0 Å². The second-order valence-corrected chi connectivity index (χ2v) is 8.87. The molecule has 1 nitrogen and oxygen atoms in total. The summed E-state index contributed by atoms with van der Waals surface area (Å²) in [5.74, 6) is 0. The van der Waals surface area contributed by atoms with Gasteiger partial charge >= 0.3 is 0 Å². The van der Waals surface area contributed by atoms with Crippen LogP contribution in [0, 0.1) is 31.6 Å². The molecule has 0 radical (unpaired) electrons. The molecule has 0 bridgehead atoms. The number of nitrogens with one attached hydrogen (secondary N) is 1. The highest BCUT2D eigenvalue weighted by molar-refractivity contribution is 5.37. The molecule has 0 saturated heterocycles. The van der Waals surface area contributed by atoms with Crippen molar-refractivity contribution in [1.82, 2.24) is 5.32 Å². The lowest BCUT2D eigenvalue weighted by atomic mass is 9.63. The quantitative estimate of drug-likeness (QED) is 0.794. The Bertz CT molecular complexity index is 472. The molecule has 1 fully saturated rings. The molecule has 1 aromatic rings. The van der Waals surface area contributed by atoms with Gasteiger partial charge in [0, 0.05) is 12.6 Å². The molecular weight excluding hydrogens is 254 g/mol. The third kappa shape index (κ3) is 4.32. The second-order valence-electron chi connectivity index (χ2n) is 8.87. The van der Waals surface area contributed by atoms with Crippen LogP contribution in [0.5, 0.6) is 0 Å². The molecule has 0 heterocycles. The minimum absolute atomic E-state index is 0.455. The lowest BCUT2D eigenvalue weighted by Gasteiger charge is -2.45. The zero-order valence-electron chi connectivity index (χ0n) is 15.1. The predicted octanol–water partition coefficient (Wildman–Crippen LogP) is 5.31. The molecule has 1 aliphatic carbocycles. The average Bonchev–Trinajstić information content (AvgIpc) is 2.22. The standard InChI is InChI=1S/C20H33N/c1-14-8-15(2)18(16(3)9-14)12-21-17-10-19(4,5)13-20(6,7)11-17/h8-9,17,21H,10-13H2,1-7H3. The minimum Gasteiger partial charge on any atom is -0.310 e. The van der Waals surface area contributed by atoms with Crippen LogP contribution in [0.25, 0.3) is 0 Å². The Balaban J connectivity index is 2.06. The molecule has 0 unspecified atom stereocenters. The van der Waals surface area contributed by atoms with E-state index in [-0.39, 0.29) is 0 Å². The summed E-state index contributed by atoms with van der Waals surface area (Å²) in [4.78, 5) is 0. The van der Waals surface area contributed by atoms with Crippen LogP contribution < -0.4 is 5.32 Å². The maximum absolute atomic E-state index is 3.85. The molecular formula is C20H33N.